The van der Waals surface area contributed by atoms with Crippen LogP contribution in [0.5, 0.6) is 0 Å². The van der Waals surface area contributed by atoms with E-state index in [0.29, 0.717) is 12.6 Å². The van der Waals surface area contributed by atoms with Crippen molar-refractivity contribution in [3.8, 4) is 0 Å². The van der Waals surface area contributed by atoms with E-state index < -0.39 is 0 Å². The first-order chi connectivity index (χ1) is 12.0. The molecule has 2 atom stereocenters. The molecule has 0 bridgehead atoms. The molecule has 1 aliphatic heterocycles. The Bertz CT molecular complexity index is 568. The first kappa shape index (κ1) is 19.5. The molecule has 25 heavy (non-hydrogen) atoms. The number of rotatable bonds is 7. The van der Waals surface area contributed by atoms with Gasteiger partial charge in [0.1, 0.15) is 0 Å². The number of carbonyl (C=O) groups excluding carboxylic acids is 1. The Morgan fingerprint density at radius 3 is 2.60 bits per heavy atom. The van der Waals surface area contributed by atoms with Gasteiger partial charge in [-0.05, 0) is 52.6 Å². The van der Waals surface area contributed by atoms with Crippen LogP contribution < -0.4 is 0 Å². The number of ether oxygens (including phenoxy) is 1. The van der Waals surface area contributed by atoms with Gasteiger partial charge >= 0.3 is 0 Å². The molecule has 1 saturated heterocycles. The molecule has 0 N–H and O–H groups in total. The third kappa shape index (κ3) is 5.89. The molecular weight excluding hydrogens is 312 g/mol. The van der Waals surface area contributed by atoms with E-state index in [1.807, 2.05) is 11.8 Å². The smallest absolute Gasteiger partial charge is 0.249 e. The predicted octanol–water partition coefficient (Wildman–Crippen LogP) is 3.40. The van der Waals surface area contributed by atoms with Crippen molar-refractivity contribution in [3.05, 3.63) is 47.7 Å². The van der Waals surface area contributed by atoms with Gasteiger partial charge in [0.15, 0.2) is 0 Å². The first-order valence-electron chi connectivity index (χ1n) is 9.39. The molecule has 1 amide bonds. The highest BCUT2D eigenvalue weighted by Crippen LogP contribution is 2.17. The van der Waals surface area contributed by atoms with Crippen molar-refractivity contribution in [1.29, 1.82) is 0 Å². The standard InChI is InChI=1S/C21H32N2O2/c1-5-25-14-12-21(24)23-16-18(3)22(15-19(23)4)13-6-7-20-10-8-17(2)9-11-20/h8-12,14,18-19H,5-7,13,15-16H2,1-4H3/t18-,19+/m1/s1. The second-order valence-electron chi connectivity index (χ2n) is 7.03. The maximum Gasteiger partial charge on any atom is 0.249 e. The molecule has 0 aromatic heterocycles. The molecule has 1 aromatic rings. The van der Waals surface area contributed by atoms with E-state index in [0.717, 1.165) is 32.5 Å². The van der Waals surface area contributed by atoms with Gasteiger partial charge < -0.3 is 9.64 Å². The molecule has 138 valence electrons. The Morgan fingerprint density at radius 1 is 1.20 bits per heavy atom. The quantitative estimate of drug-likeness (QED) is 0.561. The summed E-state index contributed by atoms with van der Waals surface area (Å²) in [6.45, 7) is 11.8. The summed E-state index contributed by atoms with van der Waals surface area (Å²) in [4.78, 5) is 16.8. The van der Waals surface area contributed by atoms with E-state index in [-0.39, 0.29) is 11.9 Å². The number of carbonyl (C=O) groups is 1. The molecule has 0 unspecified atom stereocenters. The van der Waals surface area contributed by atoms with Crippen molar-refractivity contribution in [3.63, 3.8) is 0 Å². The van der Waals surface area contributed by atoms with Gasteiger partial charge in [-0.3, -0.25) is 9.69 Å². The average Bonchev–Trinajstić information content (AvgIpc) is 2.59. The minimum Gasteiger partial charge on any atom is -0.501 e. The highest BCUT2D eigenvalue weighted by Gasteiger charge is 2.30. The lowest BCUT2D eigenvalue weighted by molar-refractivity contribution is -0.131. The van der Waals surface area contributed by atoms with Crippen LogP contribution in [0.15, 0.2) is 36.6 Å². The van der Waals surface area contributed by atoms with E-state index >= 15 is 0 Å². The summed E-state index contributed by atoms with van der Waals surface area (Å²) in [5.74, 6) is 0.0482. The molecule has 0 saturated carbocycles. The maximum atomic E-state index is 12.3. The summed E-state index contributed by atoms with van der Waals surface area (Å²) in [6.07, 6.45) is 5.31. The molecule has 0 aliphatic carbocycles. The fourth-order valence-corrected chi connectivity index (χ4v) is 3.36. The number of aryl methyl sites for hydroxylation is 2. The molecule has 1 aromatic carbocycles. The summed E-state index contributed by atoms with van der Waals surface area (Å²) >= 11 is 0. The van der Waals surface area contributed by atoms with Crippen molar-refractivity contribution < 1.29 is 9.53 Å². The van der Waals surface area contributed by atoms with Gasteiger partial charge in [-0.1, -0.05) is 29.8 Å². The van der Waals surface area contributed by atoms with Gasteiger partial charge in [0.2, 0.25) is 5.91 Å². The Kier molecular flexibility index (Phi) is 7.51. The Labute approximate surface area is 152 Å². The SMILES string of the molecule is CCOC=CC(=O)N1C[C@@H](C)N(CCCc2ccc(C)cc2)C[C@@H]1C. The van der Waals surface area contributed by atoms with Crippen LogP contribution in [0, 0.1) is 6.92 Å². The number of benzene rings is 1. The van der Waals surface area contributed by atoms with Crippen molar-refractivity contribution in [2.24, 2.45) is 0 Å². The summed E-state index contributed by atoms with van der Waals surface area (Å²) in [5, 5.41) is 0. The zero-order valence-corrected chi connectivity index (χ0v) is 16.1. The molecule has 1 fully saturated rings. The van der Waals surface area contributed by atoms with Crippen molar-refractivity contribution >= 4 is 5.91 Å². The number of hydrogen-bond acceptors (Lipinski definition) is 3. The Balaban J connectivity index is 1.80. The second kappa shape index (κ2) is 9.62. The largest absolute Gasteiger partial charge is 0.501 e. The van der Waals surface area contributed by atoms with Gasteiger partial charge in [0, 0.05) is 31.2 Å². The highest BCUT2D eigenvalue weighted by atomic mass is 16.5. The molecule has 1 aliphatic rings. The van der Waals surface area contributed by atoms with Crippen molar-refractivity contribution in [1.82, 2.24) is 9.80 Å². The van der Waals surface area contributed by atoms with Crippen molar-refractivity contribution in [2.75, 3.05) is 26.2 Å². The van der Waals surface area contributed by atoms with E-state index in [4.69, 9.17) is 4.74 Å². The summed E-state index contributed by atoms with van der Waals surface area (Å²) in [7, 11) is 0. The van der Waals surface area contributed by atoms with E-state index in [1.165, 1.54) is 17.4 Å². The third-order valence-electron chi connectivity index (χ3n) is 4.90. The fraction of sp³-hybridized carbons (Fsp3) is 0.571. The predicted molar refractivity (Wildman–Crippen MR) is 102 cm³/mol. The molecule has 0 spiro atoms. The number of nitrogens with zero attached hydrogens (tertiary/aromatic N) is 2. The van der Waals surface area contributed by atoms with Crippen LogP contribution in [0.4, 0.5) is 0 Å². The van der Waals surface area contributed by atoms with E-state index in [2.05, 4.69) is 49.9 Å². The Hall–Kier alpha value is -1.81. The zero-order chi connectivity index (χ0) is 18.2. The average molecular weight is 344 g/mol. The van der Waals surface area contributed by atoms with Gasteiger partial charge in [-0.15, -0.1) is 0 Å². The maximum absolute atomic E-state index is 12.3. The lowest BCUT2D eigenvalue weighted by atomic mass is 10.1. The number of hydrogen-bond donors (Lipinski definition) is 0. The highest BCUT2D eigenvalue weighted by molar-refractivity contribution is 5.87. The summed E-state index contributed by atoms with van der Waals surface area (Å²) in [6, 6.07) is 9.43. The minimum atomic E-state index is 0.0482. The van der Waals surface area contributed by atoms with Crippen molar-refractivity contribution in [2.45, 2.75) is 52.6 Å². The van der Waals surface area contributed by atoms with Gasteiger partial charge in [-0.2, -0.15) is 0 Å². The monoisotopic (exact) mass is 344 g/mol. The topological polar surface area (TPSA) is 32.8 Å². The molecule has 4 nitrogen and oxygen atoms in total. The van der Waals surface area contributed by atoms with Gasteiger partial charge in [-0.25, -0.2) is 0 Å². The number of amides is 1. The van der Waals surface area contributed by atoms with E-state index in [1.54, 1.807) is 6.08 Å². The van der Waals surface area contributed by atoms with Crippen LogP contribution in [-0.4, -0.2) is 54.0 Å². The fourth-order valence-electron chi connectivity index (χ4n) is 3.36. The number of piperazine rings is 1. The van der Waals surface area contributed by atoms with Crippen LogP contribution in [0.1, 0.15) is 38.3 Å². The van der Waals surface area contributed by atoms with E-state index in [9.17, 15) is 4.79 Å². The first-order valence-corrected chi connectivity index (χ1v) is 9.39. The summed E-state index contributed by atoms with van der Waals surface area (Å²) in [5.41, 5.74) is 2.71. The lowest BCUT2D eigenvalue weighted by Gasteiger charge is -2.43. The van der Waals surface area contributed by atoms with Crippen LogP contribution in [-0.2, 0) is 16.0 Å². The van der Waals surface area contributed by atoms with Gasteiger partial charge in [0.25, 0.3) is 0 Å². The normalized spacial score (nSPS) is 21.7. The zero-order valence-electron chi connectivity index (χ0n) is 16.1. The van der Waals surface area contributed by atoms with Crippen LogP contribution in [0.3, 0.4) is 0 Å². The second-order valence-corrected chi connectivity index (χ2v) is 7.03. The van der Waals surface area contributed by atoms with Crippen LogP contribution >= 0.6 is 0 Å². The third-order valence-corrected chi connectivity index (χ3v) is 4.90. The van der Waals surface area contributed by atoms with Gasteiger partial charge in [0.05, 0.1) is 12.9 Å². The minimum absolute atomic E-state index is 0.0482. The molecule has 1 heterocycles. The molecule has 4 heteroatoms. The van der Waals surface area contributed by atoms with Crippen LogP contribution in [0.25, 0.3) is 0 Å². The molecule has 2 rings (SSSR count). The lowest BCUT2D eigenvalue weighted by Crippen LogP contribution is -2.57. The Morgan fingerprint density at radius 2 is 1.92 bits per heavy atom. The summed E-state index contributed by atoms with van der Waals surface area (Å²) < 4.78 is 5.14. The van der Waals surface area contributed by atoms with Crippen LogP contribution in [0.2, 0.25) is 0 Å². The molecular formula is C21H32N2O2. The molecule has 0 radical (unpaired) electrons.